The quantitative estimate of drug-likeness (QED) is 0.106. The van der Waals surface area contributed by atoms with Crippen LogP contribution in [-0.4, -0.2) is 56.4 Å². The first-order chi connectivity index (χ1) is 32.4. The van der Waals surface area contributed by atoms with Crippen LogP contribution in [0, 0.1) is 0 Å². The first-order valence-corrected chi connectivity index (χ1v) is 23.8. The Morgan fingerprint density at radius 3 is 1.58 bits per heavy atom. The molecule has 66 heavy (non-hydrogen) atoms. The number of ketones is 1. The van der Waals surface area contributed by atoms with Crippen LogP contribution in [0.3, 0.4) is 0 Å². The normalized spacial score (nSPS) is 16.8. The van der Waals surface area contributed by atoms with Gasteiger partial charge in [-0.15, -0.1) is 22.7 Å². The molecule has 4 aromatic carbocycles. The molecule has 10 rings (SSSR count). The molecule has 11 nitrogen and oxygen atoms in total. The van der Waals surface area contributed by atoms with Crippen LogP contribution in [0.1, 0.15) is 98.4 Å². The number of hydrogen-bond acceptors (Lipinski definition) is 10. The lowest BCUT2D eigenvalue weighted by molar-refractivity contribution is -0.134. The zero-order chi connectivity index (χ0) is 45.0. The summed E-state index contributed by atoms with van der Waals surface area (Å²) in [7, 11) is 0. The van der Waals surface area contributed by atoms with Gasteiger partial charge in [0, 0.05) is 31.9 Å². The molecule has 0 saturated carbocycles. The highest BCUT2D eigenvalue weighted by Crippen LogP contribution is 2.41. The van der Waals surface area contributed by atoms with E-state index in [4.69, 9.17) is 18.8 Å². The second kappa shape index (κ2) is 19.1. The molecule has 0 unspecified atom stereocenters. The van der Waals surface area contributed by atoms with Gasteiger partial charge in [-0.25, -0.2) is 9.97 Å². The van der Waals surface area contributed by atoms with Crippen molar-refractivity contribution in [1.82, 2.24) is 25.1 Å². The topological polar surface area (TPSA) is 139 Å². The number of nitrogens with zero attached hydrogens (tertiary/aromatic N) is 4. The number of carbonyl (C=O) groups is 4. The van der Waals surface area contributed by atoms with Crippen molar-refractivity contribution in [3.63, 3.8) is 0 Å². The van der Waals surface area contributed by atoms with E-state index < -0.39 is 17.9 Å². The molecule has 0 radical (unpaired) electrons. The van der Waals surface area contributed by atoms with E-state index in [0.29, 0.717) is 18.7 Å². The molecule has 2 aliphatic rings. The summed E-state index contributed by atoms with van der Waals surface area (Å²) in [6.07, 6.45) is 10.0. The number of aromatic nitrogens is 2. The largest absolute Gasteiger partial charge is 0.461 e. The molecule has 2 saturated heterocycles. The molecule has 1 N–H and O–H groups in total. The molecule has 4 aromatic heterocycles. The minimum Gasteiger partial charge on any atom is -0.461 e. The van der Waals surface area contributed by atoms with Crippen molar-refractivity contribution in [2.75, 3.05) is 13.1 Å². The fourth-order valence-electron chi connectivity index (χ4n) is 9.04. The molecule has 2 fully saturated rings. The number of Topliss-reactive ketones (excluding diaryl/α,β-unsaturated/α-hetero) is 1. The average Bonchev–Trinajstić information content (AvgIpc) is 4.22. The third kappa shape index (κ3) is 8.91. The second-order valence-electron chi connectivity index (χ2n) is 16.5. The monoisotopic (exact) mass is 911 g/mol. The maximum atomic E-state index is 14.3. The smallest absolute Gasteiger partial charge is 0.287 e. The van der Waals surface area contributed by atoms with Crippen LogP contribution < -0.4 is 5.32 Å². The van der Waals surface area contributed by atoms with E-state index in [9.17, 15) is 19.2 Å². The summed E-state index contributed by atoms with van der Waals surface area (Å²) in [4.78, 5) is 70.2. The fraction of sp³-hybridized carbons (Fsp3) is 0.208. The van der Waals surface area contributed by atoms with Crippen LogP contribution in [0.5, 0.6) is 0 Å². The Balaban J connectivity index is 0.800. The van der Waals surface area contributed by atoms with E-state index in [2.05, 4.69) is 53.8 Å². The Hall–Kier alpha value is -7.22. The zero-order valence-corrected chi connectivity index (χ0v) is 37.5. The summed E-state index contributed by atoms with van der Waals surface area (Å²) in [5, 5.41) is 4.67. The fourth-order valence-corrected chi connectivity index (χ4v) is 11.2. The molecule has 8 aromatic rings. The van der Waals surface area contributed by atoms with Gasteiger partial charge in [0.2, 0.25) is 11.8 Å². The van der Waals surface area contributed by atoms with Gasteiger partial charge in [0.1, 0.15) is 16.1 Å². The Bertz CT molecular complexity index is 2730. The summed E-state index contributed by atoms with van der Waals surface area (Å²) in [6, 6.07) is 41.0. The van der Waals surface area contributed by atoms with Crippen molar-refractivity contribution in [1.29, 1.82) is 0 Å². The molecule has 3 amide bonds. The van der Waals surface area contributed by atoms with Gasteiger partial charge in [-0.2, -0.15) is 0 Å². The number of carbonyl (C=O) groups excluding carboxylic acids is 4. The van der Waals surface area contributed by atoms with Gasteiger partial charge in [-0.3, -0.25) is 19.2 Å². The SMILES string of the molecule is O=C(C[C@@H](C(=O)N1CCC[C@H]1c1ncc(-c2ccc(-c3ccc(-c4cnc([C@@H]5CCCN5C(=O)[C@H](NC(=O)c5ccco5)c5ccccc5)s4)cc3)cc2)s1)c1ccccc1)c1ccco1. The van der Waals surface area contributed by atoms with E-state index in [1.165, 1.54) is 12.5 Å². The molecule has 13 heteroatoms. The lowest BCUT2D eigenvalue weighted by Crippen LogP contribution is -2.42. The third-order valence-electron chi connectivity index (χ3n) is 12.4. The van der Waals surface area contributed by atoms with Crippen molar-refractivity contribution >= 4 is 46.2 Å². The van der Waals surface area contributed by atoms with Gasteiger partial charge >= 0.3 is 0 Å². The van der Waals surface area contributed by atoms with Crippen LogP contribution in [0.2, 0.25) is 0 Å². The summed E-state index contributed by atoms with van der Waals surface area (Å²) >= 11 is 3.19. The Morgan fingerprint density at radius 2 is 1.06 bits per heavy atom. The van der Waals surface area contributed by atoms with E-state index in [1.807, 2.05) is 82.9 Å². The Morgan fingerprint density at radius 1 is 0.576 bits per heavy atom. The van der Waals surface area contributed by atoms with Gasteiger partial charge in [-0.05, 0) is 83.3 Å². The van der Waals surface area contributed by atoms with Crippen molar-refractivity contribution in [2.45, 2.75) is 56.1 Å². The van der Waals surface area contributed by atoms with Gasteiger partial charge in [-0.1, -0.05) is 109 Å². The molecule has 0 aliphatic carbocycles. The van der Waals surface area contributed by atoms with Gasteiger partial charge in [0.15, 0.2) is 17.3 Å². The predicted molar refractivity (Wildman–Crippen MR) is 254 cm³/mol. The number of rotatable bonds is 14. The molecule has 330 valence electrons. The van der Waals surface area contributed by atoms with Crippen LogP contribution >= 0.6 is 22.7 Å². The van der Waals surface area contributed by atoms with Crippen molar-refractivity contribution < 1.29 is 28.0 Å². The van der Waals surface area contributed by atoms with Gasteiger partial charge in [0.25, 0.3) is 5.91 Å². The maximum absolute atomic E-state index is 14.3. The first kappa shape index (κ1) is 42.7. The van der Waals surface area contributed by atoms with E-state index in [0.717, 1.165) is 73.3 Å². The van der Waals surface area contributed by atoms with E-state index in [1.54, 1.807) is 46.9 Å². The highest BCUT2D eigenvalue weighted by molar-refractivity contribution is 7.15. The van der Waals surface area contributed by atoms with E-state index >= 15 is 0 Å². The maximum Gasteiger partial charge on any atom is 0.287 e. The molecule has 6 heterocycles. The molecule has 2 aliphatic heterocycles. The van der Waals surface area contributed by atoms with Crippen LogP contribution in [0.15, 0.2) is 167 Å². The highest BCUT2D eigenvalue weighted by atomic mass is 32.1. The molecule has 0 bridgehead atoms. The third-order valence-corrected chi connectivity index (χ3v) is 14.7. The number of furan rings is 2. The van der Waals surface area contributed by atoms with Crippen LogP contribution in [-0.2, 0) is 9.59 Å². The summed E-state index contributed by atoms with van der Waals surface area (Å²) in [6.45, 7) is 1.18. The predicted octanol–water partition coefficient (Wildman–Crippen LogP) is 11.3. The number of hydrogen-bond donors (Lipinski definition) is 1. The van der Waals surface area contributed by atoms with E-state index in [-0.39, 0.29) is 47.6 Å². The number of likely N-dealkylation sites (tertiary alicyclic amines) is 2. The Labute approximate surface area is 389 Å². The molecule has 4 atom stereocenters. The number of thiazole rings is 2. The summed E-state index contributed by atoms with van der Waals surface area (Å²) in [5.41, 5.74) is 5.76. The van der Waals surface area contributed by atoms with Crippen molar-refractivity contribution in [2.24, 2.45) is 0 Å². The van der Waals surface area contributed by atoms with Gasteiger partial charge in [0.05, 0.1) is 40.3 Å². The minimum absolute atomic E-state index is 0.0292. The van der Waals surface area contributed by atoms with Crippen LogP contribution in [0.25, 0.3) is 32.0 Å². The van der Waals surface area contributed by atoms with Crippen molar-refractivity contribution in [3.05, 3.63) is 191 Å². The first-order valence-electron chi connectivity index (χ1n) is 22.1. The minimum atomic E-state index is -0.873. The highest BCUT2D eigenvalue weighted by Gasteiger charge is 2.39. The number of nitrogens with one attached hydrogen (secondary N) is 1. The zero-order valence-electron chi connectivity index (χ0n) is 35.8. The van der Waals surface area contributed by atoms with Gasteiger partial charge < -0.3 is 24.0 Å². The number of benzene rings is 4. The molecular weight excluding hydrogens is 867 g/mol. The standard InChI is InChI=1S/C53H45N5O6S2/c59-43(44-17-9-29-63-44)31-40(36-11-3-1-4-12-36)52(61)57-27-7-15-41(57)50-54-32-46(65-50)37-23-19-34(20-24-37)35-21-25-38(26-22-35)47-33-55-51(66-47)42-16-8-28-58(42)53(62)48(39-13-5-2-6-14-39)56-49(60)45-18-10-30-64-45/h1-6,9-14,17-26,29-30,32-33,40-42,48H,7-8,15-16,27-28,31H2,(H,56,60)/t40-,41+,42+,48-/m1/s1. The Kier molecular flexibility index (Phi) is 12.4. The van der Waals surface area contributed by atoms with Crippen LogP contribution in [0.4, 0.5) is 0 Å². The van der Waals surface area contributed by atoms with Crippen molar-refractivity contribution in [3.8, 4) is 32.0 Å². The molecule has 0 spiro atoms. The second-order valence-corrected chi connectivity index (χ2v) is 18.6. The number of amides is 3. The summed E-state index contributed by atoms with van der Waals surface area (Å²) < 4.78 is 10.7. The average molecular weight is 912 g/mol. The lowest BCUT2D eigenvalue weighted by Gasteiger charge is -2.28. The molecular formula is C53H45N5O6S2. The lowest BCUT2D eigenvalue weighted by atomic mass is 9.91. The summed E-state index contributed by atoms with van der Waals surface area (Å²) in [5.74, 6) is -1.11.